The van der Waals surface area contributed by atoms with Gasteiger partial charge in [0.25, 0.3) is 0 Å². The lowest BCUT2D eigenvalue weighted by molar-refractivity contribution is -0.152. The van der Waals surface area contributed by atoms with Gasteiger partial charge in [0, 0.05) is 0 Å². The van der Waals surface area contributed by atoms with E-state index in [1.165, 1.54) is 0 Å². The Hall–Kier alpha value is -0.570. The van der Waals surface area contributed by atoms with Crippen molar-refractivity contribution in [2.75, 3.05) is 0 Å². The van der Waals surface area contributed by atoms with Crippen molar-refractivity contribution in [3.63, 3.8) is 0 Å². The summed E-state index contributed by atoms with van der Waals surface area (Å²) in [5, 5.41) is 19.2. The van der Waals surface area contributed by atoms with Gasteiger partial charge in [-0.2, -0.15) is 0 Å². The minimum Gasteiger partial charge on any atom is -0.481 e. The molecule has 3 heteroatoms. The quantitative estimate of drug-likeness (QED) is 0.741. The second-order valence-electron chi connectivity index (χ2n) is 5.70. The van der Waals surface area contributed by atoms with Crippen molar-refractivity contribution in [2.45, 2.75) is 52.6 Å². The Balaban J connectivity index is 2.83. The molecule has 1 saturated carbocycles. The molecule has 3 unspecified atom stereocenters. The van der Waals surface area contributed by atoms with Gasteiger partial charge >= 0.3 is 5.97 Å². The fraction of sp³-hybridized carbons (Fsp3) is 0.917. The van der Waals surface area contributed by atoms with Gasteiger partial charge in [-0.15, -0.1) is 0 Å². The molecule has 1 rings (SSSR count). The topological polar surface area (TPSA) is 57.5 Å². The number of carboxylic acid groups (broad SMARTS) is 1. The monoisotopic (exact) mass is 214 g/mol. The van der Waals surface area contributed by atoms with Crippen molar-refractivity contribution >= 4 is 5.97 Å². The smallest absolute Gasteiger partial charge is 0.307 e. The van der Waals surface area contributed by atoms with Crippen LogP contribution in [0, 0.1) is 17.3 Å². The molecule has 1 aliphatic rings. The zero-order valence-corrected chi connectivity index (χ0v) is 9.86. The van der Waals surface area contributed by atoms with Crippen molar-refractivity contribution in [3.05, 3.63) is 0 Å². The van der Waals surface area contributed by atoms with Gasteiger partial charge in [-0.05, 0) is 24.2 Å². The van der Waals surface area contributed by atoms with E-state index in [2.05, 4.69) is 0 Å². The molecule has 0 saturated heterocycles. The number of aliphatic hydroxyl groups is 1. The third kappa shape index (κ3) is 2.94. The van der Waals surface area contributed by atoms with Gasteiger partial charge in [-0.3, -0.25) is 4.79 Å². The molecule has 0 aromatic carbocycles. The highest BCUT2D eigenvalue weighted by Crippen LogP contribution is 2.40. The SMILES string of the molecule is CC(C)(C)C(C(=O)O)C1CCCCC1O. The molecule has 3 atom stereocenters. The number of hydrogen-bond donors (Lipinski definition) is 2. The maximum atomic E-state index is 11.3. The highest BCUT2D eigenvalue weighted by molar-refractivity contribution is 5.71. The summed E-state index contributed by atoms with van der Waals surface area (Å²) in [6.45, 7) is 5.81. The van der Waals surface area contributed by atoms with Crippen LogP contribution in [0.15, 0.2) is 0 Å². The fourth-order valence-corrected chi connectivity index (χ4v) is 2.72. The summed E-state index contributed by atoms with van der Waals surface area (Å²) in [6.07, 6.45) is 3.23. The summed E-state index contributed by atoms with van der Waals surface area (Å²) in [6, 6.07) is 0. The van der Waals surface area contributed by atoms with Gasteiger partial charge in [0.05, 0.1) is 12.0 Å². The molecule has 0 aromatic rings. The van der Waals surface area contributed by atoms with E-state index in [0.717, 1.165) is 25.7 Å². The molecular weight excluding hydrogens is 192 g/mol. The Morgan fingerprint density at radius 2 is 1.80 bits per heavy atom. The van der Waals surface area contributed by atoms with E-state index in [1.807, 2.05) is 20.8 Å². The normalized spacial score (nSPS) is 29.9. The average molecular weight is 214 g/mol. The number of carbonyl (C=O) groups is 1. The van der Waals surface area contributed by atoms with Crippen LogP contribution in [0.2, 0.25) is 0 Å². The standard InChI is InChI=1S/C12H22O3/c1-12(2,3)10(11(14)15)8-6-4-5-7-9(8)13/h8-10,13H,4-7H2,1-3H3,(H,14,15). The first-order chi connectivity index (χ1) is 6.84. The Labute approximate surface area is 91.5 Å². The minimum absolute atomic E-state index is 0.0729. The summed E-state index contributed by atoms with van der Waals surface area (Å²) >= 11 is 0. The molecule has 0 spiro atoms. The van der Waals surface area contributed by atoms with Crippen LogP contribution in [-0.2, 0) is 4.79 Å². The minimum atomic E-state index is -0.770. The summed E-state index contributed by atoms with van der Waals surface area (Å²) in [5.41, 5.74) is -0.283. The van der Waals surface area contributed by atoms with Crippen LogP contribution in [0.1, 0.15) is 46.5 Å². The van der Waals surface area contributed by atoms with Crippen molar-refractivity contribution in [1.29, 1.82) is 0 Å². The van der Waals surface area contributed by atoms with E-state index >= 15 is 0 Å². The summed E-state index contributed by atoms with van der Waals surface area (Å²) < 4.78 is 0. The van der Waals surface area contributed by atoms with E-state index in [0.29, 0.717) is 0 Å². The third-order valence-electron chi connectivity index (χ3n) is 3.41. The first kappa shape index (κ1) is 12.5. The van der Waals surface area contributed by atoms with E-state index in [1.54, 1.807) is 0 Å². The van der Waals surface area contributed by atoms with Crippen LogP contribution >= 0.6 is 0 Å². The average Bonchev–Trinajstić information content (AvgIpc) is 2.05. The number of hydrogen-bond acceptors (Lipinski definition) is 2. The molecule has 0 bridgehead atoms. The molecule has 0 heterocycles. The Morgan fingerprint density at radius 3 is 2.20 bits per heavy atom. The first-order valence-electron chi connectivity index (χ1n) is 5.75. The fourth-order valence-electron chi connectivity index (χ4n) is 2.72. The summed E-state index contributed by atoms with van der Waals surface area (Å²) in [4.78, 5) is 11.3. The number of carboxylic acids is 1. The Morgan fingerprint density at radius 1 is 1.27 bits per heavy atom. The molecule has 3 nitrogen and oxygen atoms in total. The zero-order valence-electron chi connectivity index (χ0n) is 9.86. The van der Waals surface area contributed by atoms with Crippen molar-refractivity contribution < 1.29 is 15.0 Å². The molecule has 1 aliphatic carbocycles. The van der Waals surface area contributed by atoms with Crippen LogP contribution in [0.25, 0.3) is 0 Å². The predicted octanol–water partition coefficient (Wildman–Crippen LogP) is 2.28. The lowest BCUT2D eigenvalue weighted by atomic mass is 9.67. The van der Waals surface area contributed by atoms with Gasteiger partial charge in [0.2, 0.25) is 0 Å². The molecule has 1 fully saturated rings. The molecule has 2 N–H and O–H groups in total. The van der Waals surface area contributed by atoms with Crippen LogP contribution < -0.4 is 0 Å². The van der Waals surface area contributed by atoms with Gasteiger partial charge in [-0.25, -0.2) is 0 Å². The van der Waals surface area contributed by atoms with E-state index in [9.17, 15) is 15.0 Å². The number of aliphatic carboxylic acids is 1. The zero-order chi connectivity index (χ0) is 11.6. The van der Waals surface area contributed by atoms with Gasteiger partial charge < -0.3 is 10.2 Å². The van der Waals surface area contributed by atoms with Gasteiger partial charge in [0.1, 0.15) is 0 Å². The van der Waals surface area contributed by atoms with Crippen molar-refractivity contribution in [3.8, 4) is 0 Å². The van der Waals surface area contributed by atoms with Crippen LogP contribution in [0.3, 0.4) is 0 Å². The molecule has 0 amide bonds. The largest absolute Gasteiger partial charge is 0.481 e. The molecular formula is C12H22O3. The Bertz CT molecular complexity index is 230. The second kappa shape index (κ2) is 4.52. The highest BCUT2D eigenvalue weighted by atomic mass is 16.4. The number of aliphatic hydroxyl groups excluding tert-OH is 1. The predicted molar refractivity (Wildman–Crippen MR) is 58.5 cm³/mol. The molecule has 0 aliphatic heterocycles. The van der Waals surface area contributed by atoms with E-state index in [-0.39, 0.29) is 11.3 Å². The van der Waals surface area contributed by atoms with E-state index in [4.69, 9.17) is 0 Å². The maximum Gasteiger partial charge on any atom is 0.307 e. The summed E-state index contributed by atoms with van der Waals surface area (Å²) in [7, 11) is 0. The second-order valence-corrected chi connectivity index (χ2v) is 5.70. The van der Waals surface area contributed by atoms with E-state index < -0.39 is 18.0 Å². The van der Waals surface area contributed by atoms with Crippen LogP contribution in [0.4, 0.5) is 0 Å². The molecule has 0 aromatic heterocycles. The lowest BCUT2D eigenvalue weighted by Gasteiger charge is -2.38. The maximum absolute atomic E-state index is 11.3. The lowest BCUT2D eigenvalue weighted by Crippen LogP contribution is -2.42. The van der Waals surface area contributed by atoms with Gasteiger partial charge in [0.15, 0.2) is 0 Å². The third-order valence-corrected chi connectivity index (χ3v) is 3.41. The highest BCUT2D eigenvalue weighted by Gasteiger charge is 2.41. The molecule has 15 heavy (non-hydrogen) atoms. The van der Waals surface area contributed by atoms with Gasteiger partial charge in [-0.1, -0.05) is 33.6 Å². The Kier molecular flexibility index (Phi) is 3.77. The van der Waals surface area contributed by atoms with Crippen LogP contribution in [0.5, 0.6) is 0 Å². The van der Waals surface area contributed by atoms with Crippen molar-refractivity contribution in [2.24, 2.45) is 17.3 Å². The molecule has 0 radical (unpaired) electrons. The van der Waals surface area contributed by atoms with Crippen molar-refractivity contribution in [1.82, 2.24) is 0 Å². The first-order valence-corrected chi connectivity index (χ1v) is 5.75. The summed E-state index contributed by atoms with van der Waals surface area (Å²) in [5.74, 6) is -1.28. The number of rotatable bonds is 2. The van der Waals surface area contributed by atoms with Crippen LogP contribution in [-0.4, -0.2) is 22.3 Å². The molecule has 88 valence electrons.